The summed E-state index contributed by atoms with van der Waals surface area (Å²) in [6.45, 7) is 6.52. The van der Waals surface area contributed by atoms with Gasteiger partial charge in [-0.1, -0.05) is 6.58 Å². The molecular weight excluding hydrogens is 168 g/mol. The van der Waals surface area contributed by atoms with Crippen LogP contribution in [0, 0.1) is 0 Å². The molecule has 1 aliphatic heterocycles. The van der Waals surface area contributed by atoms with Crippen LogP contribution in [0.15, 0.2) is 12.3 Å². The quantitative estimate of drug-likeness (QED) is 0.526. The number of aliphatic hydroxyl groups is 2. The normalized spacial score (nSPS) is 25.3. The molecule has 0 saturated carbocycles. The minimum Gasteiger partial charge on any atom is -0.366 e. The topological polar surface area (TPSA) is 69.7 Å². The van der Waals surface area contributed by atoms with Crippen LogP contribution in [0.3, 0.4) is 0 Å². The number of nitrogens with zero attached hydrogens (tertiary/aromatic N) is 1. The third-order valence-corrected chi connectivity index (χ3v) is 2.54. The molecule has 1 heterocycles. The summed E-state index contributed by atoms with van der Waals surface area (Å²) in [4.78, 5) is 1.90. The monoisotopic (exact) mass is 186 g/mol. The van der Waals surface area contributed by atoms with Crippen LogP contribution < -0.4 is 5.73 Å². The van der Waals surface area contributed by atoms with E-state index in [1.807, 2.05) is 11.8 Å². The average molecular weight is 186 g/mol. The van der Waals surface area contributed by atoms with E-state index in [-0.39, 0.29) is 12.1 Å². The van der Waals surface area contributed by atoms with Crippen LogP contribution in [-0.4, -0.2) is 40.0 Å². The Morgan fingerprint density at radius 1 is 1.62 bits per heavy atom. The number of aliphatic hydroxyl groups excluding tert-OH is 1. The first-order chi connectivity index (χ1) is 6.04. The van der Waals surface area contributed by atoms with Gasteiger partial charge in [-0.15, -0.1) is 0 Å². The second-order valence-corrected chi connectivity index (χ2v) is 3.60. The molecule has 4 heteroatoms. The van der Waals surface area contributed by atoms with Crippen molar-refractivity contribution < 1.29 is 10.2 Å². The molecule has 2 atom stereocenters. The van der Waals surface area contributed by atoms with Crippen molar-refractivity contribution in [3.63, 3.8) is 0 Å². The van der Waals surface area contributed by atoms with Gasteiger partial charge in [0.2, 0.25) is 0 Å². The largest absolute Gasteiger partial charge is 0.366 e. The molecule has 4 nitrogen and oxygen atoms in total. The van der Waals surface area contributed by atoms with Gasteiger partial charge in [0.05, 0.1) is 6.04 Å². The summed E-state index contributed by atoms with van der Waals surface area (Å²) >= 11 is 0. The Morgan fingerprint density at radius 2 is 2.23 bits per heavy atom. The molecule has 0 bridgehead atoms. The molecular formula is C9H18N2O2. The predicted molar refractivity (Wildman–Crippen MR) is 50.7 cm³/mol. The molecule has 1 aliphatic rings. The highest BCUT2D eigenvalue weighted by Crippen LogP contribution is 2.24. The number of nitrogens with two attached hydrogens (primary N) is 1. The van der Waals surface area contributed by atoms with Gasteiger partial charge >= 0.3 is 0 Å². The summed E-state index contributed by atoms with van der Waals surface area (Å²) < 4.78 is 0. The van der Waals surface area contributed by atoms with E-state index < -0.39 is 6.29 Å². The Morgan fingerprint density at radius 3 is 2.69 bits per heavy atom. The van der Waals surface area contributed by atoms with Gasteiger partial charge in [0, 0.05) is 18.3 Å². The van der Waals surface area contributed by atoms with Gasteiger partial charge in [-0.3, -0.25) is 0 Å². The smallest absolute Gasteiger partial charge is 0.172 e. The zero-order chi connectivity index (χ0) is 10.0. The van der Waals surface area contributed by atoms with Gasteiger partial charge in [-0.25, -0.2) is 0 Å². The SMILES string of the molecule is C=C([C@H](C)N)N1CCC[C@H]1C(O)O. The van der Waals surface area contributed by atoms with Crippen molar-refractivity contribution in [3.8, 4) is 0 Å². The molecule has 1 saturated heterocycles. The van der Waals surface area contributed by atoms with E-state index in [4.69, 9.17) is 15.9 Å². The van der Waals surface area contributed by atoms with Gasteiger partial charge in [-0.05, 0) is 19.8 Å². The van der Waals surface area contributed by atoms with E-state index in [0.717, 1.165) is 25.1 Å². The van der Waals surface area contributed by atoms with E-state index in [0.29, 0.717) is 0 Å². The van der Waals surface area contributed by atoms with Gasteiger partial charge in [-0.2, -0.15) is 0 Å². The van der Waals surface area contributed by atoms with E-state index in [2.05, 4.69) is 6.58 Å². The molecule has 4 N–H and O–H groups in total. The van der Waals surface area contributed by atoms with E-state index in [1.54, 1.807) is 0 Å². The molecule has 1 fully saturated rings. The summed E-state index contributed by atoms with van der Waals surface area (Å²) in [6.07, 6.45) is 0.468. The Hall–Kier alpha value is -0.580. The van der Waals surface area contributed by atoms with Crippen molar-refractivity contribution in [3.05, 3.63) is 12.3 Å². The van der Waals surface area contributed by atoms with Crippen LogP contribution in [0.1, 0.15) is 19.8 Å². The lowest BCUT2D eigenvalue weighted by atomic mass is 10.2. The molecule has 13 heavy (non-hydrogen) atoms. The highest BCUT2D eigenvalue weighted by atomic mass is 16.5. The fraction of sp³-hybridized carbons (Fsp3) is 0.778. The summed E-state index contributed by atoms with van der Waals surface area (Å²) in [5, 5.41) is 18.2. The van der Waals surface area contributed by atoms with E-state index >= 15 is 0 Å². The van der Waals surface area contributed by atoms with Gasteiger partial charge in [0.1, 0.15) is 0 Å². The van der Waals surface area contributed by atoms with Gasteiger partial charge < -0.3 is 20.8 Å². The fourth-order valence-electron chi connectivity index (χ4n) is 1.72. The third kappa shape index (κ3) is 2.21. The molecule has 0 aromatic heterocycles. The molecule has 0 aromatic carbocycles. The van der Waals surface area contributed by atoms with Crippen LogP contribution in [0.4, 0.5) is 0 Å². The van der Waals surface area contributed by atoms with Crippen LogP contribution >= 0.6 is 0 Å². The maximum Gasteiger partial charge on any atom is 0.172 e. The minimum atomic E-state index is -1.29. The van der Waals surface area contributed by atoms with Gasteiger partial charge in [0.25, 0.3) is 0 Å². The minimum absolute atomic E-state index is 0.126. The summed E-state index contributed by atoms with van der Waals surface area (Å²) in [5.41, 5.74) is 6.46. The highest BCUT2D eigenvalue weighted by Gasteiger charge is 2.30. The Bertz CT molecular complexity index is 192. The Kier molecular flexibility index (Phi) is 3.30. The third-order valence-electron chi connectivity index (χ3n) is 2.54. The van der Waals surface area contributed by atoms with Crippen molar-refractivity contribution in [1.82, 2.24) is 4.90 Å². The molecule has 0 aromatic rings. The lowest BCUT2D eigenvalue weighted by Gasteiger charge is -2.31. The highest BCUT2D eigenvalue weighted by molar-refractivity contribution is 5.06. The average Bonchev–Trinajstić information content (AvgIpc) is 2.50. The zero-order valence-electron chi connectivity index (χ0n) is 7.98. The molecule has 0 radical (unpaired) electrons. The second-order valence-electron chi connectivity index (χ2n) is 3.60. The van der Waals surface area contributed by atoms with Crippen molar-refractivity contribution in [2.45, 2.75) is 38.1 Å². The van der Waals surface area contributed by atoms with E-state index in [9.17, 15) is 0 Å². The number of rotatable bonds is 3. The maximum absolute atomic E-state index is 9.09. The number of hydrogen-bond acceptors (Lipinski definition) is 4. The van der Waals surface area contributed by atoms with Crippen molar-refractivity contribution >= 4 is 0 Å². The number of hydrogen-bond donors (Lipinski definition) is 3. The predicted octanol–water partition coefficient (Wildman–Crippen LogP) is -0.378. The maximum atomic E-state index is 9.09. The molecule has 76 valence electrons. The van der Waals surface area contributed by atoms with E-state index in [1.165, 1.54) is 0 Å². The zero-order valence-corrected chi connectivity index (χ0v) is 7.98. The number of likely N-dealkylation sites (tertiary alicyclic amines) is 1. The van der Waals surface area contributed by atoms with Crippen molar-refractivity contribution in [1.29, 1.82) is 0 Å². The summed E-state index contributed by atoms with van der Waals surface area (Å²) in [5.74, 6) is 0. The molecule has 0 aliphatic carbocycles. The lowest BCUT2D eigenvalue weighted by molar-refractivity contribution is -0.0850. The lowest BCUT2D eigenvalue weighted by Crippen LogP contribution is -2.42. The molecule has 0 spiro atoms. The first kappa shape index (κ1) is 10.5. The van der Waals surface area contributed by atoms with Crippen molar-refractivity contribution in [2.24, 2.45) is 5.73 Å². The Balaban J connectivity index is 2.63. The standard InChI is InChI=1S/C9H18N2O2/c1-6(10)7(2)11-5-3-4-8(11)9(12)13/h6,8-9,12-13H,2-5,10H2,1H3/t6-,8-/m0/s1. The summed E-state index contributed by atoms with van der Waals surface area (Å²) in [6, 6.07) is -0.349. The summed E-state index contributed by atoms with van der Waals surface area (Å²) in [7, 11) is 0. The van der Waals surface area contributed by atoms with Crippen LogP contribution in [-0.2, 0) is 0 Å². The van der Waals surface area contributed by atoms with Gasteiger partial charge in [0.15, 0.2) is 6.29 Å². The Labute approximate surface area is 78.7 Å². The molecule has 1 rings (SSSR count). The first-order valence-electron chi connectivity index (χ1n) is 4.61. The van der Waals surface area contributed by atoms with Crippen molar-refractivity contribution in [2.75, 3.05) is 6.54 Å². The molecule has 0 amide bonds. The van der Waals surface area contributed by atoms with Crippen LogP contribution in [0.25, 0.3) is 0 Å². The van der Waals surface area contributed by atoms with Crippen LogP contribution in [0.5, 0.6) is 0 Å². The second kappa shape index (κ2) is 4.09. The molecule has 0 unspecified atom stereocenters. The van der Waals surface area contributed by atoms with Crippen LogP contribution in [0.2, 0.25) is 0 Å². The first-order valence-corrected chi connectivity index (χ1v) is 4.61. The fourth-order valence-corrected chi connectivity index (χ4v) is 1.72.